The lowest BCUT2D eigenvalue weighted by Crippen LogP contribution is -1.96. The van der Waals surface area contributed by atoms with Crippen molar-refractivity contribution in [3.63, 3.8) is 0 Å². The molecular weight excluding hydrogens is 215 g/mol. The molecule has 0 aliphatic heterocycles. The van der Waals surface area contributed by atoms with E-state index in [2.05, 4.69) is 5.32 Å². The molecule has 0 saturated heterocycles. The minimum absolute atomic E-state index is 0.252. The number of hydrogen-bond acceptors (Lipinski definition) is 2. The Kier molecular flexibility index (Phi) is 3.00. The number of nitrogens with two attached hydrogens (primary N) is 1. The van der Waals surface area contributed by atoms with Crippen LogP contribution in [0.4, 0.5) is 21.5 Å². The topological polar surface area (TPSA) is 38.0 Å². The average molecular weight is 230 g/mol. The van der Waals surface area contributed by atoms with Crippen LogP contribution in [-0.2, 0) is 0 Å². The van der Waals surface area contributed by atoms with Crippen molar-refractivity contribution in [3.05, 3.63) is 53.3 Å². The zero-order valence-electron chi connectivity index (χ0n) is 9.92. The lowest BCUT2D eigenvalue weighted by atomic mass is 10.1. The second-order valence-corrected chi connectivity index (χ2v) is 4.16. The normalized spacial score (nSPS) is 10.3. The number of nitrogen functional groups attached to an aromatic ring is 1. The van der Waals surface area contributed by atoms with Gasteiger partial charge in [0.15, 0.2) is 0 Å². The Balaban J connectivity index is 2.31. The summed E-state index contributed by atoms with van der Waals surface area (Å²) in [7, 11) is 0. The molecular formula is C14H15FN2. The van der Waals surface area contributed by atoms with Crippen LogP contribution in [0.3, 0.4) is 0 Å². The van der Waals surface area contributed by atoms with Gasteiger partial charge in [-0.25, -0.2) is 4.39 Å². The lowest BCUT2D eigenvalue weighted by Gasteiger charge is -2.11. The second-order valence-electron chi connectivity index (χ2n) is 4.16. The SMILES string of the molecule is Cc1ccc(Nc2cc(F)ccc2C)cc1N. The van der Waals surface area contributed by atoms with Crippen LogP contribution in [-0.4, -0.2) is 0 Å². The third-order valence-corrected chi connectivity index (χ3v) is 2.76. The average Bonchev–Trinajstić information content (AvgIpc) is 2.29. The first-order valence-electron chi connectivity index (χ1n) is 5.45. The number of benzene rings is 2. The van der Waals surface area contributed by atoms with Crippen LogP contribution < -0.4 is 11.1 Å². The predicted octanol–water partition coefficient (Wildman–Crippen LogP) is 3.77. The Morgan fingerprint density at radius 3 is 2.41 bits per heavy atom. The van der Waals surface area contributed by atoms with E-state index in [4.69, 9.17) is 5.73 Å². The minimum atomic E-state index is -0.252. The van der Waals surface area contributed by atoms with E-state index in [-0.39, 0.29) is 5.82 Å². The lowest BCUT2D eigenvalue weighted by molar-refractivity contribution is 0.628. The van der Waals surface area contributed by atoms with Crippen molar-refractivity contribution in [1.82, 2.24) is 0 Å². The van der Waals surface area contributed by atoms with Crippen LogP contribution in [0.25, 0.3) is 0 Å². The highest BCUT2D eigenvalue weighted by molar-refractivity contribution is 5.67. The smallest absolute Gasteiger partial charge is 0.125 e. The standard InChI is InChI=1S/C14H15FN2/c1-9-4-6-12(8-13(9)16)17-14-7-11(15)5-3-10(14)2/h3-8,17H,16H2,1-2H3. The molecule has 0 aliphatic rings. The summed E-state index contributed by atoms with van der Waals surface area (Å²) in [6.07, 6.45) is 0. The van der Waals surface area contributed by atoms with E-state index < -0.39 is 0 Å². The van der Waals surface area contributed by atoms with Gasteiger partial charge in [-0.1, -0.05) is 12.1 Å². The fourth-order valence-electron chi connectivity index (χ4n) is 1.60. The van der Waals surface area contributed by atoms with E-state index in [0.29, 0.717) is 0 Å². The van der Waals surface area contributed by atoms with Crippen LogP contribution in [0.1, 0.15) is 11.1 Å². The van der Waals surface area contributed by atoms with Crippen LogP contribution >= 0.6 is 0 Å². The highest BCUT2D eigenvalue weighted by Gasteiger charge is 2.02. The van der Waals surface area contributed by atoms with Crippen molar-refractivity contribution < 1.29 is 4.39 Å². The first-order valence-corrected chi connectivity index (χ1v) is 5.45. The van der Waals surface area contributed by atoms with Crippen molar-refractivity contribution in [3.8, 4) is 0 Å². The molecule has 0 radical (unpaired) electrons. The Labute approximate surface area is 100 Å². The molecule has 2 aromatic carbocycles. The predicted molar refractivity (Wildman–Crippen MR) is 70.0 cm³/mol. The van der Waals surface area contributed by atoms with E-state index in [1.807, 2.05) is 32.0 Å². The van der Waals surface area contributed by atoms with Gasteiger partial charge in [0.05, 0.1) is 0 Å². The molecule has 0 saturated carbocycles. The summed E-state index contributed by atoms with van der Waals surface area (Å²) in [6, 6.07) is 10.4. The first kappa shape index (κ1) is 11.5. The number of anilines is 3. The summed E-state index contributed by atoms with van der Waals surface area (Å²) in [6.45, 7) is 3.88. The number of nitrogens with one attached hydrogen (secondary N) is 1. The van der Waals surface area contributed by atoms with Gasteiger partial charge in [0, 0.05) is 17.1 Å². The molecule has 2 rings (SSSR count). The fourth-order valence-corrected chi connectivity index (χ4v) is 1.60. The van der Waals surface area contributed by atoms with Gasteiger partial charge in [-0.3, -0.25) is 0 Å². The fraction of sp³-hybridized carbons (Fsp3) is 0.143. The summed E-state index contributed by atoms with van der Waals surface area (Å²) in [4.78, 5) is 0. The number of rotatable bonds is 2. The largest absolute Gasteiger partial charge is 0.398 e. The highest BCUT2D eigenvalue weighted by Crippen LogP contribution is 2.24. The molecule has 3 heteroatoms. The van der Waals surface area contributed by atoms with Crippen molar-refractivity contribution in [1.29, 1.82) is 0 Å². The molecule has 0 unspecified atom stereocenters. The van der Waals surface area contributed by atoms with E-state index in [0.717, 1.165) is 28.2 Å². The van der Waals surface area contributed by atoms with Gasteiger partial charge in [-0.2, -0.15) is 0 Å². The number of aryl methyl sites for hydroxylation is 2. The summed E-state index contributed by atoms with van der Waals surface area (Å²) in [5, 5.41) is 3.16. The van der Waals surface area contributed by atoms with Gasteiger partial charge in [0.1, 0.15) is 5.82 Å². The van der Waals surface area contributed by atoms with Gasteiger partial charge in [-0.05, 0) is 49.2 Å². The molecule has 0 heterocycles. The molecule has 17 heavy (non-hydrogen) atoms. The maximum Gasteiger partial charge on any atom is 0.125 e. The van der Waals surface area contributed by atoms with E-state index >= 15 is 0 Å². The summed E-state index contributed by atoms with van der Waals surface area (Å²) in [5.74, 6) is -0.252. The molecule has 0 amide bonds. The molecule has 0 spiro atoms. The molecule has 0 aliphatic carbocycles. The zero-order valence-corrected chi connectivity index (χ0v) is 9.92. The monoisotopic (exact) mass is 230 g/mol. The minimum Gasteiger partial charge on any atom is -0.398 e. The van der Waals surface area contributed by atoms with Crippen LogP contribution in [0.15, 0.2) is 36.4 Å². The molecule has 0 aromatic heterocycles. The first-order chi connectivity index (χ1) is 8.06. The summed E-state index contributed by atoms with van der Waals surface area (Å²) in [5.41, 5.74) is 10.2. The molecule has 0 atom stereocenters. The number of hydrogen-bond donors (Lipinski definition) is 2. The summed E-state index contributed by atoms with van der Waals surface area (Å²) < 4.78 is 13.1. The van der Waals surface area contributed by atoms with Gasteiger partial charge < -0.3 is 11.1 Å². The van der Waals surface area contributed by atoms with E-state index in [1.165, 1.54) is 12.1 Å². The molecule has 2 nitrogen and oxygen atoms in total. The van der Waals surface area contributed by atoms with Crippen LogP contribution in [0.5, 0.6) is 0 Å². The molecule has 0 fully saturated rings. The Morgan fingerprint density at radius 1 is 1.00 bits per heavy atom. The molecule has 0 bridgehead atoms. The molecule has 88 valence electrons. The van der Waals surface area contributed by atoms with Gasteiger partial charge in [0.25, 0.3) is 0 Å². The molecule has 3 N–H and O–H groups in total. The maximum absolute atomic E-state index is 13.1. The van der Waals surface area contributed by atoms with Gasteiger partial charge >= 0.3 is 0 Å². The maximum atomic E-state index is 13.1. The molecule has 2 aromatic rings. The van der Waals surface area contributed by atoms with E-state index in [9.17, 15) is 4.39 Å². The second kappa shape index (κ2) is 4.45. The van der Waals surface area contributed by atoms with Gasteiger partial charge in [0.2, 0.25) is 0 Å². The van der Waals surface area contributed by atoms with Crippen molar-refractivity contribution in [2.24, 2.45) is 0 Å². The van der Waals surface area contributed by atoms with Crippen molar-refractivity contribution in [2.75, 3.05) is 11.1 Å². The quantitative estimate of drug-likeness (QED) is 0.771. The third kappa shape index (κ3) is 2.56. The Hall–Kier alpha value is -2.03. The van der Waals surface area contributed by atoms with Crippen LogP contribution in [0, 0.1) is 19.7 Å². The third-order valence-electron chi connectivity index (χ3n) is 2.76. The van der Waals surface area contributed by atoms with Gasteiger partial charge in [-0.15, -0.1) is 0 Å². The Bertz CT molecular complexity index is 550. The van der Waals surface area contributed by atoms with Crippen molar-refractivity contribution >= 4 is 17.1 Å². The number of halogens is 1. The summed E-state index contributed by atoms with van der Waals surface area (Å²) >= 11 is 0. The highest BCUT2D eigenvalue weighted by atomic mass is 19.1. The van der Waals surface area contributed by atoms with Crippen LogP contribution in [0.2, 0.25) is 0 Å². The zero-order chi connectivity index (χ0) is 12.4. The van der Waals surface area contributed by atoms with Crippen molar-refractivity contribution in [2.45, 2.75) is 13.8 Å². The van der Waals surface area contributed by atoms with E-state index in [1.54, 1.807) is 6.07 Å². The Morgan fingerprint density at radius 2 is 1.71 bits per heavy atom.